The minimum absolute atomic E-state index is 0.136. The fourth-order valence-electron chi connectivity index (χ4n) is 2.83. The fraction of sp³-hybridized carbons (Fsp3) is 0.350. The molecule has 27 heavy (non-hydrogen) atoms. The average molecular weight is 410 g/mol. The monoisotopic (exact) mass is 409 g/mol. The van der Waals surface area contributed by atoms with E-state index in [4.69, 9.17) is 37.4 Å². The number of rotatable bonds is 6. The summed E-state index contributed by atoms with van der Waals surface area (Å²) in [6, 6.07) is 10.8. The van der Waals surface area contributed by atoms with Gasteiger partial charge in [0, 0.05) is 13.1 Å². The Balaban J connectivity index is 1.69. The van der Waals surface area contributed by atoms with Gasteiger partial charge in [0.25, 0.3) is 5.91 Å². The first-order chi connectivity index (χ1) is 13.0. The van der Waals surface area contributed by atoms with Crippen molar-refractivity contribution in [2.45, 2.75) is 26.5 Å². The summed E-state index contributed by atoms with van der Waals surface area (Å²) in [4.78, 5) is 14.6. The number of benzene rings is 2. The van der Waals surface area contributed by atoms with Crippen LogP contribution in [-0.2, 0) is 11.3 Å². The van der Waals surface area contributed by atoms with Crippen LogP contribution < -0.4 is 14.2 Å². The van der Waals surface area contributed by atoms with E-state index in [1.807, 2.05) is 25.1 Å². The predicted octanol–water partition coefficient (Wildman–Crippen LogP) is 4.58. The van der Waals surface area contributed by atoms with Crippen LogP contribution in [0.4, 0.5) is 0 Å². The number of ether oxygens (including phenoxy) is 3. The summed E-state index contributed by atoms with van der Waals surface area (Å²) in [6.07, 6.45) is -0.696. The van der Waals surface area contributed by atoms with Crippen LogP contribution in [0.1, 0.15) is 19.4 Å². The Morgan fingerprint density at radius 2 is 1.93 bits per heavy atom. The maximum atomic E-state index is 12.8. The van der Waals surface area contributed by atoms with Crippen LogP contribution in [0, 0.1) is 0 Å². The van der Waals surface area contributed by atoms with Crippen molar-refractivity contribution in [3.05, 3.63) is 52.0 Å². The summed E-state index contributed by atoms with van der Waals surface area (Å²) in [6.45, 7) is 5.69. The predicted molar refractivity (Wildman–Crippen MR) is 105 cm³/mol. The van der Waals surface area contributed by atoms with Crippen LogP contribution in [-0.4, -0.2) is 36.7 Å². The van der Waals surface area contributed by atoms with Gasteiger partial charge in [0.1, 0.15) is 24.0 Å². The molecular weight excluding hydrogens is 389 g/mol. The lowest BCUT2D eigenvalue weighted by atomic mass is 10.1. The van der Waals surface area contributed by atoms with Crippen molar-refractivity contribution in [3.63, 3.8) is 0 Å². The first kappa shape index (κ1) is 19.6. The van der Waals surface area contributed by atoms with Crippen LogP contribution >= 0.6 is 23.2 Å². The Labute approximate surface area is 168 Å². The minimum Gasteiger partial charge on any atom is -0.486 e. The number of fused-ring (bicyclic) bond motifs is 1. The van der Waals surface area contributed by atoms with Crippen LogP contribution in [0.5, 0.6) is 17.2 Å². The molecule has 0 spiro atoms. The second-order valence-corrected chi connectivity index (χ2v) is 6.93. The molecule has 1 aliphatic heterocycles. The van der Waals surface area contributed by atoms with Crippen molar-refractivity contribution >= 4 is 29.1 Å². The van der Waals surface area contributed by atoms with Crippen LogP contribution in [0.15, 0.2) is 36.4 Å². The molecule has 0 radical (unpaired) electrons. The molecule has 1 amide bonds. The van der Waals surface area contributed by atoms with Gasteiger partial charge in [0.2, 0.25) is 0 Å². The van der Waals surface area contributed by atoms with Gasteiger partial charge in [-0.05, 0) is 43.7 Å². The molecule has 2 aromatic carbocycles. The average Bonchev–Trinajstić information content (AvgIpc) is 2.69. The molecule has 0 fully saturated rings. The summed E-state index contributed by atoms with van der Waals surface area (Å²) in [7, 11) is 0. The lowest BCUT2D eigenvalue weighted by Gasteiger charge is -2.26. The molecule has 0 saturated carbocycles. The van der Waals surface area contributed by atoms with Gasteiger partial charge in [0.05, 0.1) is 5.02 Å². The molecule has 2 aromatic rings. The van der Waals surface area contributed by atoms with Gasteiger partial charge in [-0.3, -0.25) is 4.79 Å². The number of carbonyl (C=O) groups is 1. The standard InChI is InChI=1S/C20H21Cl2NO4/c1-3-23(12-14-7-8-16-18(11-14)26-10-9-25-16)20(24)13(2)27-17-6-4-5-15(21)19(17)22/h4-8,11,13H,3,9-10,12H2,1-2H3/t13-/m0/s1. The van der Waals surface area contributed by atoms with E-state index >= 15 is 0 Å². The molecule has 1 aliphatic rings. The summed E-state index contributed by atoms with van der Waals surface area (Å²) in [5.74, 6) is 1.69. The molecule has 5 nitrogen and oxygen atoms in total. The molecule has 7 heteroatoms. The van der Waals surface area contributed by atoms with E-state index in [-0.39, 0.29) is 5.91 Å². The van der Waals surface area contributed by atoms with Crippen molar-refractivity contribution in [2.75, 3.05) is 19.8 Å². The third kappa shape index (κ3) is 4.60. The molecule has 144 valence electrons. The van der Waals surface area contributed by atoms with E-state index in [9.17, 15) is 4.79 Å². The fourth-order valence-corrected chi connectivity index (χ4v) is 3.16. The highest BCUT2D eigenvalue weighted by Crippen LogP contribution is 2.33. The molecule has 0 saturated heterocycles. The number of hydrogen-bond acceptors (Lipinski definition) is 4. The topological polar surface area (TPSA) is 48.0 Å². The van der Waals surface area contributed by atoms with Gasteiger partial charge in [-0.2, -0.15) is 0 Å². The third-order valence-corrected chi connectivity index (χ3v) is 5.04. The highest BCUT2D eigenvalue weighted by molar-refractivity contribution is 6.42. The Bertz CT molecular complexity index is 828. The first-order valence-corrected chi connectivity index (χ1v) is 9.53. The zero-order valence-corrected chi connectivity index (χ0v) is 16.7. The summed E-state index contributed by atoms with van der Waals surface area (Å²) >= 11 is 12.1. The zero-order chi connectivity index (χ0) is 19.4. The Morgan fingerprint density at radius 1 is 1.19 bits per heavy atom. The van der Waals surface area contributed by atoms with Gasteiger partial charge in [0.15, 0.2) is 17.6 Å². The van der Waals surface area contributed by atoms with Crippen molar-refractivity contribution in [1.82, 2.24) is 4.90 Å². The quantitative estimate of drug-likeness (QED) is 0.700. The van der Waals surface area contributed by atoms with E-state index in [1.54, 1.807) is 30.0 Å². The van der Waals surface area contributed by atoms with E-state index in [0.29, 0.717) is 47.8 Å². The molecule has 0 unspecified atom stereocenters. The van der Waals surface area contributed by atoms with Gasteiger partial charge < -0.3 is 19.1 Å². The van der Waals surface area contributed by atoms with Crippen LogP contribution in [0.25, 0.3) is 0 Å². The highest BCUT2D eigenvalue weighted by Gasteiger charge is 2.23. The van der Waals surface area contributed by atoms with Crippen molar-refractivity contribution in [3.8, 4) is 17.2 Å². The van der Waals surface area contributed by atoms with E-state index < -0.39 is 6.10 Å². The minimum atomic E-state index is -0.696. The Morgan fingerprint density at radius 3 is 2.67 bits per heavy atom. The van der Waals surface area contributed by atoms with Crippen LogP contribution in [0.3, 0.4) is 0 Å². The molecule has 3 rings (SSSR count). The summed E-state index contributed by atoms with van der Waals surface area (Å²) < 4.78 is 16.9. The molecular formula is C20H21Cl2NO4. The second kappa shape index (κ2) is 8.72. The number of amides is 1. The third-order valence-electron chi connectivity index (χ3n) is 4.24. The first-order valence-electron chi connectivity index (χ1n) is 8.77. The number of likely N-dealkylation sites (N-methyl/N-ethyl adjacent to an activating group) is 1. The normalized spacial score (nSPS) is 13.8. The summed E-state index contributed by atoms with van der Waals surface area (Å²) in [5.41, 5.74) is 0.961. The lowest BCUT2D eigenvalue weighted by molar-refractivity contribution is -0.138. The molecule has 0 bridgehead atoms. The molecule has 0 aromatic heterocycles. The van der Waals surface area contributed by atoms with Gasteiger partial charge in [-0.1, -0.05) is 35.3 Å². The number of halogens is 2. The Hall–Kier alpha value is -2.11. The number of nitrogens with zero attached hydrogens (tertiary/aromatic N) is 1. The second-order valence-electron chi connectivity index (χ2n) is 6.14. The number of hydrogen-bond donors (Lipinski definition) is 0. The molecule has 0 aliphatic carbocycles. The SMILES string of the molecule is CCN(Cc1ccc2c(c1)OCCO2)C(=O)[C@H](C)Oc1cccc(Cl)c1Cl. The maximum Gasteiger partial charge on any atom is 0.263 e. The molecule has 1 heterocycles. The van der Waals surface area contributed by atoms with Crippen molar-refractivity contribution < 1.29 is 19.0 Å². The van der Waals surface area contributed by atoms with Crippen LogP contribution in [0.2, 0.25) is 10.0 Å². The van der Waals surface area contributed by atoms with Crippen molar-refractivity contribution in [2.24, 2.45) is 0 Å². The smallest absolute Gasteiger partial charge is 0.263 e. The van der Waals surface area contributed by atoms with Gasteiger partial charge >= 0.3 is 0 Å². The van der Waals surface area contributed by atoms with Gasteiger partial charge in [-0.25, -0.2) is 0 Å². The van der Waals surface area contributed by atoms with E-state index in [2.05, 4.69) is 0 Å². The maximum absolute atomic E-state index is 12.8. The van der Waals surface area contributed by atoms with E-state index in [0.717, 1.165) is 11.3 Å². The molecule has 0 N–H and O–H groups in total. The van der Waals surface area contributed by atoms with E-state index in [1.165, 1.54) is 0 Å². The molecule has 1 atom stereocenters. The zero-order valence-electron chi connectivity index (χ0n) is 15.2. The summed E-state index contributed by atoms with van der Waals surface area (Å²) in [5, 5.41) is 0.686. The highest BCUT2D eigenvalue weighted by atomic mass is 35.5. The largest absolute Gasteiger partial charge is 0.486 e. The Kier molecular flexibility index (Phi) is 6.34. The van der Waals surface area contributed by atoms with Crippen molar-refractivity contribution in [1.29, 1.82) is 0 Å². The lowest BCUT2D eigenvalue weighted by Crippen LogP contribution is -2.40. The number of carbonyl (C=O) groups excluding carboxylic acids is 1. The van der Waals surface area contributed by atoms with Gasteiger partial charge in [-0.15, -0.1) is 0 Å².